The quantitative estimate of drug-likeness (QED) is 0.671. The third-order valence-electron chi connectivity index (χ3n) is 5.39. The van der Waals surface area contributed by atoms with Gasteiger partial charge in [0.25, 0.3) is 5.56 Å². The maximum absolute atomic E-state index is 13.3. The van der Waals surface area contributed by atoms with E-state index < -0.39 is 0 Å². The molecule has 0 aliphatic carbocycles. The minimum Gasteiger partial charge on any atom is -0.497 e. The van der Waals surface area contributed by atoms with Crippen molar-refractivity contribution in [3.05, 3.63) is 64.6 Å². The molecule has 1 aliphatic heterocycles. The second-order valence-electron chi connectivity index (χ2n) is 7.02. The number of fused-ring (bicyclic) bond motifs is 1. The fourth-order valence-corrected chi connectivity index (χ4v) is 3.85. The van der Waals surface area contributed by atoms with Gasteiger partial charge in [-0.3, -0.25) is 14.3 Å². The predicted octanol–water partition coefficient (Wildman–Crippen LogP) is 2.88. The summed E-state index contributed by atoms with van der Waals surface area (Å²) in [5, 5.41) is 11.4. The molecule has 148 valence electrons. The van der Waals surface area contributed by atoms with Crippen LogP contribution in [0.1, 0.15) is 5.69 Å². The van der Waals surface area contributed by atoms with Gasteiger partial charge in [-0.2, -0.15) is 5.26 Å². The Morgan fingerprint density at radius 1 is 1.07 bits per heavy atom. The number of nitriles is 1. The molecular weight excluding hydrogens is 366 g/mol. The van der Waals surface area contributed by atoms with Gasteiger partial charge in [0.05, 0.1) is 20.3 Å². The van der Waals surface area contributed by atoms with Gasteiger partial charge in [-0.05, 0) is 23.8 Å². The van der Waals surface area contributed by atoms with Crippen LogP contribution in [0.2, 0.25) is 0 Å². The van der Waals surface area contributed by atoms with E-state index in [9.17, 15) is 10.1 Å². The normalized spacial score (nSPS) is 14.6. The molecule has 0 atom stereocenters. The Bertz CT molecular complexity index is 1110. The Morgan fingerprint density at radius 3 is 2.52 bits per heavy atom. The standard InChI is InChI=1S/C23H23N3O3/c1-28-18-7-8-19-20(15-18)22(17-5-3-2-4-6-17)21(16-24)26(23(19)27)10-9-25-11-13-29-14-12-25/h2-8,15H,9-14H2,1H3. The highest BCUT2D eigenvalue weighted by Crippen LogP contribution is 2.32. The molecule has 29 heavy (non-hydrogen) atoms. The Labute approximate surface area is 169 Å². The molecule has 2 heterocycles. The van der Waals surface area contributed by atoms with Gasteiger partial charge in [0.2, 0.25) is 0 Å². The molecule has 0 spiro atoms. The topological polar surface area (TPSA) is 67.5 Å². The lowest BCUT2D eigenvalue weighted by Gasteiger charge is -2.27. The van der Waals surface area contributed by atoms with Crippen LogP contribution in [-0.2, 0) is 11.3 Å². The van der Waals surface area contributed by atoms with E-state index in [4.69, 9.17) is 9.47 Å². The highest BCUT2D eigenvalue weighted by atomic mass is 16.5. The van der Waals surface area contributed by atoms with Gasteiger partial charge in [-0.1, -0.05) is 30.3 Å². The van der Waals surface area contributed by atoms with Gasteiger partial charge in [0.1, 0.15) is 17.5 Å². The second-order valence-corrected chi connectivity index (χ2v) is 7.02. The summed E-state index contributed by atoms with van der Waals surface area (Å²) in [5.74, 6) is 0.657. The molecule has 6 nitrogen and oxygen atoms in total. The van der Waals surface area contributed by atoms with Crippen LogP contribution >= 0.6 is 0 Å². The molecule has 1 fully saturated rings. The summed E-state index contributed by atoms with van der Waals surface area (Å²) in [6.45, 7) is 4.25. The highest BCUT2D eigenvalue weighted by molar-refractivity contribution is 5.99. The summed E-state index contributed by atoms with van der Waals surface area (Å²) < 4.78 is 12.4. The van der Waals surface area contributed by atoms with E-state index >= 15 is 0 Å². The fraction of sp³-hybridized carbons (Fsp3) is 0.304. The monoisotopic (exact) mass is 389 g/mol. The smallest absolute Gasteiger partial charge is 0.259 e. The third kappa shape index (κ3) is 3.75. The van der Waals surface area contributed by atoms with Crippen LogP contribution in [0.25, 0.3) is 21.9 Å². The molecule has 1 saturated heterocycles. The van der Waals surface area contributed by atoms with Gasteiger partial charge in [-0.25, -0.2) is 0 Å². The van der Waals surface area contributed by atoms with Crippen molar-refractivity contribution in [1.82, 2.24) is 9.47 Å². The van der Waals surface area contributed by atoms with Crippen molar-refractivity contribution in [1.29, 1.82) is 5.26 Å². The molecular formula is C23H23N3O3. The van der Waals surface area contributed by atoms with Crippen LogP contribution in [0.4, 0.5) is 0 Å². The lowest BCUT2D eigenvalue weighted by molar-refractivity contribution is 0.0363. The van der Waals surface area contributed by atoms with Gasteiger partial charge in [-0.15, -0.1) is 0 Å². The summed E-state index contributed by atoms with van der Waals surface area (Å²) in [4.78, 5) is 15.6. The van der Waals surface area contributed by atoms with E-state index in [1.165, 1.54) is 0 Å². The summed E-state index contributed by atoms with van der Waals surface area (Å²) in [6, 6.07) is 17.5. The maximum atomic E-state index is 13.3. The van der Waals surface area contributed by atoms with Crippen molar-refractivity contribution in [2.24, 2.45) is 0 Å². The SMILES string of the molecule is COc1ccc2c(=O)n(CCN3CCOCC3)c(C#N)c(-c3ccccc3)c2c1. The molecule has 0 N–H and O–H groups in total. The molecule has 4 rings (SSSR count). The number of hydrogen-bond acceptors (Lipinski definition) is 5. The lowest BCUT2D eigenvalue weighted by Crippen LogP contribution is -2.39. The number of methoxy groups -OCH3 is 1. The van der Waals surface area contributed by atoms with Crippen LogP contribution in [0.3, 0.4) is 0 Å². The van der Waals surface area contributed by atoms with Crippen LogP contribution < -0.4 is 10.3 Å². The molecule has 3 aromatic rings. The van der Waals surface area contributed by atoms with Crippen molar-refractivity contribution in [2.45, 2.75) is 6.54 Å². The average molecular weight is 389 g/mol. The zero-order valence-electron chi connectivity index (χ0n) is 16.4. The first-order chi connectivity index (χ1) is 14.2. The molecule has 0 amide bonds. The van der Waals surface area contributed by atoms with E-state index in [0.29, 0.717) is 43.1 Å². The van der Waals surface area contributed by atoms with E-state index in [0.717, 1.165) is 29.6 Å². The first kappa shape index (κ1) is 19.2. The Hall–Kier alpha value is -3.14. The number of ether oxygens (including phenoxy) is 2. The van der Waals surface area contributed by atoms with Gasteiger partial charge in [0.15, 0.2) is 0 Å². The van der Waals surface area contributed by atoms with Crippen LogP contribution in [0.5, 0.6) is 5.75 Å². The zero-order chi connectivity index (χ0) is 20.2. The minimum absolute atomic E-state index is 0.146. The fourth-order valence-electron chi connectivity index (χ4n) is 3.85. The van der Waals surface area contributed by atoms with Gasteiger partial charge >= 0.3 is 0 Å². The Kier molecular flexibility index (Phi) is 5.61. The third-order valence-corrected chi connectivity index (χ3v) is 5.39. The number of aromatic nitrogens is 1. The molecule has 0 bridgehead atoms. The van der Waals surface area contributed by atoms with Gasteiger partial charge < -0.3 is 9.47 Å². The van der Waals surface area contributed by atoms with E-state index in [-0.39, 0.29) is 5.56 Å². The van der Waals surface area contributed by atoms with Crippen molar-refractivity contribution < 1.29 is 9.47 Å². The molecule has 1 aromatic heterocycles. The zero-order valence-corrected chi connectivity index (χ0v) is 16.4. The first-order valence-electron chi connectivity index (χ1n) is 9.73. The lowest BCUT2D eigenvalue weighted by atomic mass is 9.97. The summed E-state index contributed by atoms with van der Waals surface area (Å²) in [5.41, 5.74) is 1.91. The largest absolute Gasteiger partial charge is 0.497 e. The number of rotatable bonds is 5. The Balaban J connectivity index is 1.90. The van der Waals surface area contributed by atoms with Crippen LogP contribution in [-0.4, -0.2) is 49.4 Å². The van der Waals surface area contributed by atoms with Crippen molar-refractivity contribution in [3.63, 3.8) is 0 Å². The predicted molar refractivity (Wildman–Crippen MR) is 112 cm³/mol. The van der Waals surface area contributed by atoms with Crippen LogP contribution in [0.15, 0.2) is 53.3 Å². The number of pyridine rings is 1. The summed E-state index contributed by atoms with van der Waals surface area (Å²) in [6.07, 6.45) is 0. The molecule has 2 aromatic carbocycles. The summed E-state index contributed by atoms with van der Waals surface area (Å²) >= 11 is 0. The van der Waals surface area contributed by atoms with Crippen LogP contribution in [0, 0.1) is 11.3 Å². The molecule has 0 saturated carbocycles. The number of nitrogens with zero attached hydrogens (tertiary/aromatic N) is 3. The first-order valence-corrected chi connectivity index (χ1v) is 9.73. The van der Waals surface area contributed by atoms with E-state index in [1.807, 2.05) is 36.4 Å². The molecule has 1 aliphatic rings. The number of morpholine rings is 1. The maximum Gasteiger partial charge on any atom is 0.259 e. The molecule has 0 radical (unpaired) electrons. The molecule has 0 unspecified atom stereocenters. The minimum atomic E-state index is -0.146. The van der Waals surface area contributed by atoms with Crippen molar-refractivity contribution in [3.8, 4) is 22.9 Å². The van der Waals surface area contributed by atoms with Crippen molar-refractivity contribution in [2.75, 3.05) is 40.0 Å². The van der Waals surface area contributed by atoms with Crippen molar-refractivity contribution >= 4 is 10.8 Å². The average Bonchev–Trinajstić information content (AvgIpc) is 2.79. The number of benzene rings is 2. The second kappa shape index (κ2) is 8.48. The van der Waals surface area contributed by atoms with E-state index in [2.05, 4.69) is 11.0 Å². The highest BCUT2D eigenvalue weighted by Gasteiger charge is 2.19. The van der Waals surface area contributed by atoms with Gasteiger partial charge in [0, 0.05) is 42.5 Å². The molecule has 6 heteroatoms. The Morgan fingerprint density at radius 2 is 1.83 bits per heavy atom. The summed E-state index contributed by atoms with van der Waals surface area (Å²) in [7, 11) is 1.60. The number of hydrogen-bond donors (Lipinski definition) is 0. The van der Waals surface area contributed by atoms with E-state index in [1.54, 1.807) is 23.8 Å².